The Morgan fingerprint density at radius 3 is 2.87 bits per heavy atom. The number of imide groups is 1. The number of nitrogens with one attached hydrogen (secondary N) is 1. The average Bonchev–Trinajstić information content (AvgIpc) is 3.47. The maximum atomic E-state index is 13.0. The summed E-state index contributed by atoms with van der Waals surface area (Å²) in [5.74, 6) is 6.52. The fourth-order valence-corrected chi connectivity index (χ4v) is 4.43. The van der Waals surface area contributed by atoms with Crippen LogP contribution in [0.25, 0.3) is 11.2 Å². The first-order valence-electron chi connectivity index (χ1n) is 12.3. The SMILES string of the molecule is Cc1ccc(OCCN2C(=O)NC(C/C(=C/N)c3cccc(Cl)c3)C2=O)cc1C#Cc1cnc2cccnn12. The molecule has 3 N–H and O–H groups in total. The van der Waals surface area contributed by atoms with E-state index >= 15 is 0 Å². The number of halogens is 1. The van der Waals surface area contributed by atoms with Crippen molar-refractivity contribution in [3.05, 3.63) is 101 Å². The predicted octanol–water partition coefficient (Wildman–Crippen LogP) is 3.78. The van der Waals surface area contributed by atoms with Crippen molar-refractivity contribution in [1.29, 1.82) is 0 Å². The molecule has 1 saturated heterocycles. The number of imidazole rings is 1. The number of nitrogens with zero attached hydrogens (tertiary/aromatic N) is 4. The Balaban J connectivity index is 1.20. The van der Waals surface area contributed by atoms with Gasteiger partial charge in [-0.1, -0.05) is 35.7 Å². The number of benzene rings is 2. The quantitative estimate of drug-likeness (QED) is 0.272. The van der Waals surface area contributed by atoms with Crippen LogP contribution in [0, 0.1) is 18.8 Å². The van der Waals surface area contributed by atoms with Crippen LogP contribution in [-0.4, -0.2) is 50.6 Å². The zero-order chi connectivity index (χ0) is 27.4. The number of carbonyl (C=O) groups is 2. The number of carbonyl (C=O) groups excluding carboxylic acids is 2. The molecule has 0 bridgehead atoms. The van der Waals surface area contributed by atoms with Gasteiger partial charge in [-0.2, -0.15) is 5.10 Å². The van der Waals surface area contributed by atoms with E-state index in [0.29, 0.717) is 22.0 Å². The highest BCUT2D eigenvalue weighted by Crippen LogP contribution is 2.24. The van der Waals surface area contributed by atoms with E-state index in [9.17, 15) is 9.59 Å². The van der Waals surface area contributed by atoms with Crippen molar-refractivity contribution in [2.24, 2.45) is 5.73 Å². The molecule has 1 aliphatic rings. The minimum atomic E-state index is -0.721. The van der Waals surface area contributed by atoms with Crippen LogP contribution in [0.4, 0.5) is 4.79 Å². The summed E-state index contributed by atoms with van der Waals surface area (Å²) < 4.78 is 7.55. The van der Waals surface area contributed by atoms with E-state index in [2.05, 4.69) is 27.2 Å². The lowest BCUT2D eigenvalue weighted by atomic mass is 9.99. The Morgan fingerprint density at radius 2 is 2.05 bits per heavy atom. The Hall–Kier alpha value is -4.81. The van der Waals surface area contributed by atoms with Gasteiger partial charge in [-0.05, 0) is 72.1 Å². The number of hydrogen-bond acceptors (Lipinski definition) is 6. The van der Waals surface area contributed by atoms with Gasteiger partial charge in [0.2, 0.25) is 0 Å². The van der Waals surface area contributed by atoms with E-state index in [4.69, 9.17) is 22.1 Å². The van der Waals surface area contributed by atoms with Crippen LogP contribution in [0.1, 0.15) is 28.8 Å². The largest absolute Gasteiger partial charge is 0.492 e. The van der Waals surface area contributed by atoms with Crippen LogP contribution in [0.15, 0.2) is 73.2 Å². The summed E-state index contributed by atoms with van der Waals surface area (Å²) in [4.78, 5) is 30.9. The molecule has 2 aromatic carbocycles. The Bertz CT molecular complexity index is 1650. The van der Waals surface area contributed by atoms with E-state index in [1.54, 1.807) is 35.1 Å². The van der Waals surface area contributed by atoms with Gasteiger partial charge in [0.25, 0.3) is 5.91 Å². The van der Waals surface area contributed by atoms with Crippen LogP contribution >= 0.6 is 11.6 Å². The first kappa shape index (κ1) is 25.8. The molecule has 9 nitrogen and oxygen atoms in total. The second-order valence-electron chi connectivity index (χ2n) is 8.91. The average molecular weight is 541 g/mol. The third kappa shape index (κ3) is 5.71. The summed E-state index contributed by atoms with van der Waals surface area (Å²) in [6, 6.07) is 15.2. The number of ether oxygens (including phenoxy) is 1. The molecule has 1 fully saturated rings. The Kier molecular flexibility index (Phi) is 7.48. The highest BCUT2D eigenvalue weighted by Gasteiger charge is 2.38. The zero-order valence-electron chi connectivity index (χ0n) is 21.1. The lowest BCUT2D eigenvalue weighted by Gasteiger charge is -2.15. The fraction of sp³-hybridized carbons (Fsp3) is 0.172. The molecule has 0 aliphatic carbocycles. The highest BCUT2D eigenvalue weighted by molar-refractivity contribution is 6.30. The maximum Gasteiger partial charge on any atom is 0.324 e. The van der Waals surface area contributed by atoms with Crippen molar-refractivity contribution in [2.75, 3.05) is 13.2 Å². The first-order valence-corrected chi connectivity index (χ1v) is 12.6. The van der Waals surface area contributed by atoms with Gasteiger partial charge in [-0.3, -0.25) is 9.69 Å². The Morgan fingerprint density at radius 1 is 1.18 bits per heavy atom. The molecule has 2 aromatic heterocycles. The molecule has 3 amide bonds. The molecule has 4 aromatic rings. The third-order valence-electron chi connectivity index (χ3n) is 6.32. The molecular weight excluding hydrogens is 516 g/mol. The number of aryl methyl sites for hydroxylation is 1. The molecule has 0 spiro atoms. The molecule has 0 radical (unpaired) electrons. The second kappa shape index (κ2) is 11.3. The summed E-state index contributed by atoms with van der Waals surface area (Å²) >= 11 is 6.09. The lowest BCUT2D eigenvalue weighted by molar-refractivity contribution is -0.127. The molecule has 1 unspecified atom stereocenters. The molecule has 10 heteroatoms. The van der Waals surface area contributed by atoms with Crippen molar-refractivity contribution in [3.63, 3.8) is 0 Å². The van der Waals surface area contributed by atoms with Crippen molar-refractivity contribution >= 4 is 34.8 Å². The molecule has 1 atom stereocenters. The summed E-state index contributed by atoms with van der Waals surface area (Å²) in [6.07, 6.45) is 5.04. The third-order valence-corrected chi connectivity index (χ3v) is 6.56. The number of urea groups is 1. The van der Waals surface area contributed by atoms with E-state index in [0.717, 1.165) is 27.2 Å². The molecule has 196 valence electrons. The predicted molar refractivity (Wildman–Crippen MR) is 148 cm³/mol. The zero-order valence-corrected chi connectivity index (χ0v) is 21.9. The molecule has 3 heterocycles. The van der Waals surface area contributed by atoms with Gasteiger partial charge in [-0.25, -0.2) is 14.3 Å². The van der Waals surface area contributed by atoms with E-state index in [1.807, 2.05) is 43.3 Å². The molecule has 1 aliphatic heterocycles. The smallest absolute Gasteiger partial charge is 0.324 e. The number of aromatic nitrogens is 3. The topological polar surface area (TPSA) is 115 Å². The maximum absolute atomic E-state index is 13.0. The van der Waals surface area contributed by atoms with Gasteiger partial charge >= 0.3 is 6.03 Å². The highest BCUT2D eigenvalue weighted by atomic mass is 35.5. The second-order valence-corrected chi connectivity index (χ2v) is 9.35. The van der Waals surface area contributed by atoms with Gasteiger partial charge in [0, 0.05) is 23.2 Å². The van der Waals surface area contributed by atoms with Crippen molar-refractivity contribution in [2.45, 2.75) is 19.4 Å². The van der Waals surface area contributed by atoms with Crippen LogP contribution in [-0.2, 0) is 4.79 Å². The fourth-order valence-electron chi connectivity index (χ4n) is 4.24. The number of fused-ring (bicyclic) bond motifs is 1. The summed E-state index contributed by atoms with van der Waals surface area (Å²) in [5, 5.41) is 7.57. The summed E-state index contributed by atoms with van der Waals surface area (Å²) in [7, 11) is 0. The Labute approximate surface area is 230 Å². The molecule has 39 heavy (non-hydrogen) atoms. The van der Waals surface area contributed by atoms with Crippen molar-refractivity contribution in [3.8, 4) is 17.6 Å². The first-order chi connectivity index (χ1) is 18.9. The van der Waals surface area contributed by atoms with Crippen LogP contribution in [0.5, 0.6) is 5.75 Å². The van der Waals surface area contributed by atoms with Gasteiger partial charge < -0.3 is 15.8 Å². The number of rotatable bonds is 7. The van der Waals surface area contributed by atoms with E-state index in [1.165, 1.54) is 6.20 Å². The molecule has 5 rings (SSSR count). The van der Waals surface area contributed by atoms with Crippen LogP contribution in [0.2, 0.25) is 5.02 Å². The number of amides is 3. The molecule has 0 saturated carbocycles. The van der Waals surface area contributed by atoms with E-state index < -0.39 is 12.1 Å². The van der Waals surface area contributed by atoms with Gasteiger partial charge in [0.05, 0.1) is 12.7 Å². The van der Waals surface area contributed by atoms with Crippen molar-refractivity contribution < 1.29 is 14.3 Å². The van der Waals surface area contributed by atoms with Gasteiger partial charge in [0.15, 0.2) is 5.65 Å². The summed E-state index contributed by atoms with van der Waals surface area (Å²) in [5.41, 5.74) is 10.5. The number of nitrogens with two attached hydrogens (primary N) is 1. The normalized spacial score (nSPS) is 15.3. The molecular formula is C29H25ClN6O3. The van der Waals surface area contributed by atoms with Gasteiger partial charge in [0.1, 0.15) is 24.1 Å². The van der Waals surface area contributed by atoms with E-state index in [-0.39, 0.29) is 25.5 Å². The van der Waals surface area contributed by atoms with Crippen molar-refractivity contribution in [1.82, 2.24) is 24.8 Å². The summed E-state index contributed by atoms with van der Waals surface area (Å²) in [6.45, 7) is 2.19. The van der Waals surface area contributed by atoms with Crippen LogP contribution < -0.4 is 15.8 Å². The standard InChI is InChI=1S/C29H25ClN6O3/c1-19-7-10-25(15-20(19)8-9-24-18-32-27-6-3-11-33-36(24)27)39-13-12-35-28(37)26(34-29(35)38)16-22(17-31)21-4-2-5-23(30)14-21/h2-7,10-11,14-15,17-18,26H,12-13,16,31H2,1H3,(H,34,38)/b22-17-. The van der Waals surface area contributed by atoms with Crippen LogP contribution in [0.3, 0.4) is 0 Å². The van der Waals surface area contributed by atoms with Gasteiger partial charge in [-0.15, -0.1) is 0 Å². The number of hydrogen-bond donors (Lipinski definition) is 2. The monoisotopic (exact) mass is 540 g/mol. The minimum absolute atomic E-state index is 0.0996. The lowest BCUT2D eigenvalue weighted by Crippen LogP contribution is -2.35. The minimum Gasteiger partial charge on any atom is -0.492 e.